The van der Waals surface area contributed by atoms with Gasteiger partial charge in [-0.1, -0.05) is 74.0 Å². The number of aromatic nitrogens is 3. The largest absolute Gasteiger partial charge is 0.447 e. The van der Waals surface area contributed by atoms with E-state index in [4.69, 9.17) is 16.3 Å². The Morgan fingerprint density at radius 1 is 1.13 bits per heavy atom. The Morgan fingerprint density at radius 3 is 2.65 bits per heavy atom. The highest BCUT2D eigenvalue weighted by Gasteiger charge is 2.35. The molecule has 1 aliphatic heterocycles. The molecule has 0 fully saturated rings. The number of hydrogen-bond donors (Lipinski definition) is 0. The van der Waals surface area contributed by atoms with Crippen LogP contribution >= 0.6 is 23.4 Å². The first-order valence-electron chi connectivity index (χ1n) is 10.3. The molecule has 0 aliphatic carbocycles. The summed E-state index contributed by atoms with van der Waals surface area (Å²) in [5, 5.41) is 9.93. The standard InChI is InChI=1S/C23H23ClN4O2S/c1-3-5-14-31-23-25-21-20(26-27-23)17-8-6-7-9-18(17)28(19(29)4-2)22(30-21)15-10-12-16(24)13-11-15/h6-13,22H,3-5,14H2,1-2H3/t22-/m1/s1. The maximum absolute atomic E-state index is 13.1. The van der Waals surface area contributed by atoms with Crippen LogP contribution in [-0.4, -0.2) is 26.8 Å². The fourth-order valence-corrected chi connectivity index (χ4v) is 4.35. The van der Waals surface area contributed by atoms with E-state index in [0.717, 1.165) is 35.4 Å². The smallest absolute Gasteiger partial charge is 0.247 e. The molecule has 1 atom stereocenters. The van der Waals surface area contributed by atoms with E-state index in [0.29, 0.717) is 28.2 Å². The number of carbonyl (C=O) groups is 1. The Bertz CT molecular complexity index is 1080. The van der Waals surface area contributed by atoms with Gasteiger partial charge >= 0.3 is 0 Å². The topological polar surface area (TPSA) is 68.2 Å². The van der Waals surface area contributed by atoms with Gasteiger partial charge in [-0.3, -0.25) is 9.69 Å². The van der Waals surface area contributed by atoms with Gasteiger partial charge in [-0.05, 0) is 24.6 Å². The van der Waals surface area contributed by atoms with Gasteiger partial charge < -0.3 is 4.74 Å². The van der Waals surface area contributed by atoms with Crippen molar-refractivity contribution in [3.8, 4) is 17.1 Å². The maximum Gasteiger partial charge on any atom is 0.247 e. The zero-order chi connectivity index (χ0) is 21.8. The average Bonchev–Trinajstić information content (AvgIpc) is 2.93. The molecule has 0 unspecified atom stereocenters. The van der Waals surface area contributed by atoms with Gasteiger partial charge in [0.25, 0.3) is 0 Å². The zero-order valence-corrected chi connectivity index (χ0v) is 19.0. The highest BCUT2D eigenvalue weighted by Crippen LogP contribution is 2.43. The average molecular weight is 455 g/mol. The second-order valence-corrected chi connectivity index (χ2v) is 8.60. The van der Waals surface area contributed by atoms with Crippen LogP contribution in [-0.2, 0) is 4.79 Å². The first kappa shape index (κ1) is 21.6. The van der Waals surface area contributed by atoms with Gasteiger partial charge in [-0.15, -0.1) is 10.2 Å². The fraction of sp³-hybridized carbons (Fsp3) is 0.304. The molecule has 1 amide bonds. The summed E-state index contributed by atoms with van der Waals surface area (Å²) < 4.78 is 6.38. The molecule has 0 saturated heterocycles. The molecule has 4 rings (SSSR count). The Morgan fingerprint density at radius 2 is 1.90 bits per heavy atom. The summed E-state index contributed by atoms with van der Waals surface area (Å²) in [5.74, 6) is 1.22. The summed E-state index contributed by atoms with van der Waals surface area (Å²) in [4.78, 5) is 19.4. The van der Waals surface area contributed by atoms with Gasteiger partial charge in [0.2, 0.25) is 23.2 Å². The third-order valence-electron chi connectivity index (χ3n) is 4.97. The van der Waals surface area contributed by atoms with E-state index in [-0.39, 0.29) is 5.91 Å². The van der Waals surface area contributed by atoms with E-state index >= 15 is 0 Å². The molecule has 2 aromatic carbocycles. The SMILES string of the molecule is CCCCSc1nnc2c(n1)O[C@H](c1ccc(Cl)cc1)N(C(=O)CC)c1ccccc1-2. The Kier molecular flexibility index (Phi) is 6.73. The molecule has 3 aromatic rings. The van der Waals surface area contributed by atoms with E-state index in [1.165, 1.54) is 0 Å². The molecule has 1 aliphatic rings. The highest BCUT2D eigenvalue weighted by molar-refractivity contribution is 7.99. The third-order valence-corrected chi connectivity index (χ3v) is 6.14. The molecule has 0 N–H and O–H groups in total. The third kappa shape index (κ3) is 4.52. The number of unbranched alkanes of at least 4 members (excludes halogenated alkanes) is 1. The van der Waals surface area contributed by atoms with Crippen LogP contribution in [0.3, 0.4) is 0 Å². The Balaban J connectivity index is 1.85. The van der Waals surface area contributed by atoms with Gasteiger partial charge in [0.15, 0.2) is 5.69 Å². The van der Waals surface area contributed by atoms with Crippen molar-refractivity contribution >= 4 is 35.0 Å². The number of nitrogens with zero attached hydrogens (tertiary/aromatic N) is 4. The molecule has 0 saturated carbocycles. The zero-order valence-electron chi connectivity index (χ0n) is 17.4. The summed E-state index contributed by atoms with van der Waals surface area (Å²) in [5.41, 5.74) is 2.81. The minimum Gasteiger partial charge on any atom is -0.447 e. The molecule has 2 heterocycles. The minimum absolute atomic E-state index is 0.0642. The molecular formula is C23H23ClN4O2S. The van der Waals surface area contributed by atoms with E-state index in [1.54, 1.807) is 28.8 Å². The maximum atomic E-state index is 13.1. The molecular weight excluding hydrogens is 432 g/mol. The summed E-state index contributed by atoms with van der Waals surface area (Å²) in [6.45, 7) is 3.98. The predicted octanol–water partition coefficient (Wildman–Crippen LogP) is 5.92. The number of para-hydroxylation sites is 1. The highest BCUT2D eigenvalue weighted by atomic mass is 35.5. The molecule has 0 bridgehead atoms. The van der Waals surface area contributed by atoms with Gasteiger partial charge in [-0.25, -0.2) is 0 Å². The van der Waals surface area contributed by atoms with E-state index in [9.17, 15) is 4.79 Å². The molecule has 31 heavy (non-hydrogen) atoms. The van der Waals surface area contributed by atoms with Crippen molar-refractivity contribution in [2.24, 2.45) is 0 Å². The van der Waals surface area contributed by atoms with Gasteiger partial charge in [0.1, 0.15) is 0 Å². The lowest BCUT2D eigenvalue weighted by Gasteiger charge is -2.30. The quantitative estimate of drug-likeness (QED) is 0.340. The van der Waals surface area contributed by atoms with E-state index in [1.807, 2.05) is 43.3 Å². The van der Waals surface area contributed by atoms with Crippen molar-refractivity contribution in [3.63, 3.8) is 0 Å². The lowest BCUT2D eigenvalue weighted by molar-refractivity contribution is -0.120. The number of benzene rings is 2. The summed E-state index contributed by atoms with van der Waals surface area (Å²) in [6, 6.07) is 14.9. The Labute approximate surface area is 191 Å². The van der Waals surface area contributed by atoms with Gasteiger partial charge in [0, 0.05) is 28.3 Å². The number of hydrogen-bond acceptors (Lipinski definition) is 6. The predicted molar refractivity (Wildman–Crippen MR) is 123 cm³/mol. The minimum atomic E-state index is -0.697. The van der Waals surface area contributed by atoms with Crippen LogP contribution in [0.1, 0.15) is 44.9 Å². The van der Waals surface area contributed by atoms with Crippen molar-refractivity contribution in [3.05, 3.63) is 59.1 Å². The van der Waals surface area contributed by atoms with Crippen LogP contribution in [0.15, 0.2) is 53.7 Å². The van der Waals surface area contributed by atoms with Gasteiger partial charge in [0.05, 0.1) is 5.69 Å². The number of fused-ring (bicyclic) bond motifs is 3. The number of anilines is 1. The molecule has 8 heteroatoms. The number of amides is 1. The van der Waals surface area contributed by atoms with Crippen LogP contribution in [0.4, 0.5) is 5.69 Å². The second kappa shape index (κ2) is 9.66. The molecule has 1 aromatic heterocycles. The van der Waals surface area contributed by atoms with E-state index in [2.05, 4.69) is 22.1 Å². The molecule has 0 spiro atoms. The van der Waals surface area contributed by atoms with Crippen LogP contribution in [0.5, 0.6) is 5.88 Å². The van der Waals surface area contributed by atoms with E-state index < -0.39 is 6.23 Å². The van der Waals surface area contributed by atoms with Crippen LogP contribution in [0.2, 0.25) is 5.02 Å². The first-order valence-corrected chi connectivity index (χ1v) is 11.7. The first-order chi connectivity index (χ1) is 15.1. The number of ether oxygens (including phenoxy) is 1. The fourth-order valence-electron chi connectivity index (χ4n) is 3.37. The summed E-state index contributed by atoms with van der Waals surface area (Å²) in [7, 11) is 0. The Hall–Kier alpha value is -2.64. The van der Waals surface area contributed by atoms with Crippen molar-refractivity contribution in [1.82, 2.24) is 15.2 Å². The summed E-state index contributed by atoms with van der Waals surface area (Å²) >= 11 is 7.65. The van der Waals surface area contributed by atoms with Crippen molar-refractivity contribution in [1.29, 1.82) is 0 Å². The molecule has 160 valence electrons. The van der Waals surface area contributed by atoms with Crippen LogP contribution in [0.25, 0.3) is 11.3 Å². The monoisotopic (exact) mass is 454 g/mol. The number of thioether (sulfide) groups is 1. The van der Waals surface area contributed by atoms with Crippen molar-refractivity contribution < 1.29 is 9.53 Å². The van der Waals surface area contributed by atoms with Gasteiger partial charge in [-0.2, -0.15) is 4.98 Å². The van der Waals surface area contributed by atoms with Crippen molar-refractivity contribution in [2.75, 3.05) is 10.7 Å². The normalized spacial score (nSPS) is 14.9. The lowest BCUT2D eigenvalue weighted by atomic mass is 10.1. The molecule has 0 radical (unpaired) electrons. The van der Waals surface area contributed by atoms with Crippen LogP contribution in [0, 0.1) is 0 Å². The number of rotatable bonds is 6. The number of carbonyl (C=O) groups excluding carboxylic acids is 1. The number of halogens is 1. The van der Waals surface area contributed by atoms with Crippen molar-refractivity contribution in [2.45, 2.75) is 44.5 Å². The second-order valence-electron chi connectivity index (χ2n) is 7.11. The summed E-state index contributed by atoms with van der Waals surface area (Å²) in [6.07, 6.45) is 1.80. The molecule has 6 nitrogen and oxygen atoms in total. The van der Waals surface area contributed by atoms with Crippen LogP contribution < -0.4 is 9.64 Å². The lowest BCUT2D eigenvalue weighted by Crippen LogP contribution is -2.37.